The van der Waals surface area contributed by atoms with E-state index in [1.165, 1.54) is 6.08 Å². The molecule has 0 aromatic heterocycles. The zero-order valence-corrected chi connectivity index (χ0v) is 11.3. The lowest BCUT2D eigenvalue weighted by molar-refractivity contribution is -0.137. The maximum atomic E-state index is 11.6. The number of carbonyl (C=O) groups is 1. The number of esters is 1. The van der Waals surface area contributed by atoms with Gasteiger partial charge in [-0.3, -0.25) is 0 Å². The zero-order chi connectivity index (χ0) is 14.0. The van der Waals surface area contributed by atoms with Crippen LogP contribution in [0.25, 0.3) is 0 Å². The van der Waals surface area contributed by atoms with Crippen LogP contribution in [-0.4, -0.2) is 27.9 Å². The number of ether oxygens (including phenoxy) is 1. The van der Waals surface area contributed by atoms with E-state index in [0.29, 0.717) is 17.8 Å². The molecule has 102 valence electrons. The summed E-state index contributed by atoms with van der Waals surface area (Å²) in [7, 11) is 0. The number of aliphatic hydroxyl groups is 2. The first-order valence-electron chi connectivity index (χ1n) is 6.53. The van der Waals surface area contributed by atoms with Gasteiger partial charge in [-0.1, -0.05) is 26.0 Å². The Morgan fingerprint density at radius 1 is 1.42 bits per heavy atom. The predicted molar refractivity (Wildman–Crippen MR) is 68.9 cm³/mol. The second kappa shape index (κ2) is 3.58. The number of allylic oxidation sites excluding steroid dienone is 2. The van der Waals surface area contributed by atoms with E-state index in [2.05, 4.69) is 0 Å². The van der Waals surface area contributed by atoms with Crippen molar-refractivity contribution in [3.8, 4) is 0 Å². The fraction of sp³-hybridized carbons (Fsp3) is 0.533. The summed E-state index contributed by atoms with van der Waals surface area (Å²) in [6.45, 7) is 5.70. The van der Waals surface area contributed by atoms with Crippen LogP contribution in [0, 0.1) is 11.3 Å². The van der Waals surface area contributed by atoms with E-state index in [4.69, 9.17) is 4.74 Å². The highest BCUT2D eigenvalue weighted by atomic mass is 16.5. The van der Waals surface area contributed by atoms with Gasteiger partial charge in [-0.15, -0.1) is 0 Å². The van der Waals surface area contributed by atoms with Crippen LogP contribution in [0.2, 0.25) is 0 Å². The first-order valence-corrected chi connectivity index (χ1v) is 6.53. The Morgan fingerprint density at radius 3 is 2.79 bits per heavy atom. The van der Waals surface area contributed by atoms with Gasteiger partial charge in [-0.25, -0.2) is 4.79 Å². The van der Waals surface area contributed by atoms with Crippen molar-refractivity contribution in [1.29, 1.82) is 0 Å². The highest BCUT2D eigenvalue weighted by Crippen LogP contribution is 2.55. The molecule has 0 bridgehead atoms. The predicted octanol–water partition coefficient (Wildman–Crippen LogP) is 1.45. The number of aliphatic hydroxyl groups excluding tert-OH is 1. The summed E-state index contributed by atoms with van der Waals surface area (Å²) in [6.07, 6.45) is 4.59. The fourth-order valence-corrected chi connectivity index (χ4v) is 3.34. The summed E-state index contributed by atoms with van der Waals surface area (Å²) in [5.41, 5.74) is -0.488. The van der Waals surface area contributed by atoms with Crippen molar-refractivity contribution >= 4 is 5.97 Å². The van der Waals surface area contributed by atoms with Crippen molar-refractivity contribution in [2.45, 2.75) is 38.9 Å². The molecule has 19 heavy (non-hydrogen) atoms. The van der Waals surface area contributed by atoms with E-state index in [9.17, 15) is 15.0 Å². The summed E-state index contributed by atoms with van der Waals surface area (Å²) < 4.78 is 5.17. The van der Waals surface area contributed by atoms with Crippen LogP contribution in [-0.2, 0) is 9.53 Å². The smallest absolute Gasteiger partial charge is 0.339 e. The Balaban J connectivity index is 2.21. The highest BCUT2D eigenvalue weighted by Gasteiger charge is 2.58. The Morgan fingerprint density at radius 2 is 2.11 bits per heavy atom. The standard InChI is InChI=1S/C15H18O4/c1-8-4-5-12(16)15(18)7-11-10(6-14(8,15)3)9(2)13(17)19-11/h4-5,7-8,12,16,18H,6H2,1-3H3/t8-,12-,14+,15-/m0/s1. The Bertz CT molecular complexity index is 556. The Kier molecular flexibility index (Phi) is 2.38. The van der Waals surface area contributed by atoms with E-state index >= 15 is 0 Å². The van der Waals surface area contributed by atoms with Crippen molar-refractivity contribution in [3.63, 3.8) is 0 Å². The molecule has 3 rings (SSSR count). The summed E-state index contributed by atoms with van der Waals surface area (Å²) >= 11 is 0. The third kappa shape index (κ3) is 1.38. The first-order chi connectivity index (χ1) is 8.79. The van der Waals surface area contributed by atoms with Gasteiger partial charge in [-0.2, -0.15) is 0 Å². The lowest BCUT2D eigenvalue weighted by Crippen LogP contribution is -2.59. The van der Waals surface area contributed by atoms with Gasteiger partial charge in [0.15, 0.2) is 0 Å². The average molecular weight is 262 g/mol. The largest absolute Gasteiger partial charge is 0.423 e. The molecule has 0 amide bonds. The monoisotopic (exact) mass is 262 g/mol. The molecule has 4 nitrogen and oxygen atoms in total. The first kappa shape index (κ1) is 12.6. The quantitative estimate of drug-likeness (QED) is 0.512. The van der Waals surface area contributed by atoms with E-state index < -0.39 is 17.1 Å². The number of carbonyl (C=O) groups excluding carboxylic acids is 1. The topological polar surface area (TPSA) is 66.8 Å². The van der Waals surface area contributed by atoms with Crippen molar-refractivity contribution in [2.75, 3.05) is 0 Å². The lowest BCUT2D eigenvalue weighted by Gasteiger charge is -2.53. The van der Waals surface area contributed by atoms with Gasteiger partial charge in [0, 0.05) is 16.6 Å². The fourth-order valence-electron chi connectivity index (χ4n) is 3.34. The van der Waals surface area contributed by atoms with Crippen LogP contribution in [0.3, 0.4) is 0 Å². The maximum absolute atomic E-state index is 11.6. The van der Waals surface area contributed by atoms with Gasteiger partial charge in [0.25, 0.3) is 0 Å². The van der Waals surface area contributed by atoms with Crippen LogP contribution >= 0.6 is 0 Å². The van der Waals surface area contributed by atoms with E-state index in [-0.39, 0.29) is 11.9 Å². The summed E-state index contributed by atoms with van der Waals surface area (Å²) in [4.78, 5) is 11.6. The number of fused-ring (bicyclic) bond motifs is 2. The van der Waals surface area contributed by atoms with Crippen LogP contribution in [0.15, 0.2) is 35.1 Å². The van der Waals surface area contributed by atoms with Crippen LogP contribution < -0.4 is 0 Å². The van der Waals surface area contributed by atoms with Crippen molar-refractivity contribution < 1.29 is 19.7 Å². The molecule has 2 N–H and O–H groups in total. The van der Waals surface area contributed by atoms with Crippen LogP contribution in [0.1, 0.15) is 27.2 Å². The molecule has 0 saturated heterocycles. The third-order valence-electron chi connectivity index (χ3n) is 5.11. The second-order valence-electron chi connectivity index (χ2n) is 6.04. The lowest BCUT2D eigenvalue weighted by atomic mass is 9.55. The molecule has 3 aliphatic rings. The maximum Gasteiger partial charge on any atom is 0.339 e. The van der Waals surface area contributed by atoms with E-state index in [0.717, 1.165) is 5.57 Å². The molecular weight excluding hydrogens is 244 g/mol. The molecule has 0 unspecified atom stereocenters. The summed E-state index contributed by atoms with van der Waals surface area (Å²) in [6, 6.07) is 0. The molecule has 4 heteroatoms. The van der Waals surface area contributed by atoms with Gasteiger partial charge in [0.05, 0.1) is 0 Å². The van der Waals surface area contributed by atoms with E-state index in [1.54, 1.807) is 13.0 Å². The second-order valence-corrected chi connectivity index (χ2v) is 6.04. The van der Waals surface area contributed by atoms with Gasteiger partial charge in [-0.05, 0) is 25.3 Å². The summed E-state index contributed by atoms with van der Waals surface area (Å²) in [5.74, 6) is 0.140. The van der Waals surface area contributed by atoms with Crippen molar-refractivity contribution in [3.05, 3.63) is 35.1 Å². The number of rotatable bonds is 0. The normalized spacial score (nSPS) is 44.7. The zero-order valence-electron chi connectivity index (χ0n) is 11.3. The van der Waals surface area contributed by atoms with Gasteiger partial charge in [0.2, 0.25) is 0 Å². The average Bonchev–Trinajstić information content (AvgIpc) is 2.61. The van der Waals surface area contributed by atoms with E-state index in [1.807, 2.05) is 19.9 Å². The molecule has 0 radical (unpaired) electrons. The van der Waals surface area contributed by atoms with Crippen LogP contribution in [0.5, 0.6) is 0 Å². The van der Waals surface area contributed by atoms with Crippen LogP contribution in [0.4, 0.5) is 0 Å². The molecule has 1 aliphatic heterocycles. The molecule has 0 fully saturated rings. The molecule has 2 aliphatic carbocycles. The SMILES string of the molecule is CC1=C2C[C@]3(C)[C@@H](C)C=C[C@H](O)[C@@]3(O)C=C2OC1=O. The minimum atomic E-state index is -1.40. The molecule has 1 heterocycles. The molecule has 0 aromatic carbocycles. The minimum absolute atomic E-state index is 0.0923. The van der Waals surface area contributed by atoms with Gasteiger partial charge < -0.3 is 14.9 Å². The van der Waals surface area contributed by atoms with Gasteiger partial charge >= 0.3 is 5.97 Å². The minimum Gasteiger partial charge on any atom is -0.423 e. The molecule has 0 saturated carbocycles. The number of hydrogen-bond donors (Lipinski definition) is 2. The third-order valence-corrected chi connectivity index (χ3v) is 5.11. The molecule has 4 atom stereocenters. The molecule has 0 aromatic rings. The Hall–Kier alpha value is -1.39. The summed E-state index contributed by atoms with van der Waals surface area (Å²) in [5, 5.41) is 21.1. The number of hydrogen-bond acceptors (Lipinski definition) is 4. The Labute approximate surface area is 112 Å². The van der Waals surface area contributed by atoms with Crippen molar-refractivity contribution in [1.82, 2.24) is 0 Å². The van der Waals surface area contributed by atoms with Crippen molar-refractivity contribution in [2.24, 2.45) is 11.3 Å². The molecule has 0 spiro atoms. The van der Waals surface area contributed by atoms with Gasteiger partial charge in [0.1, 0.15) is 17.5 Å². The highest BCUT2D eigenvalue weighted by molar-refractivity contribution is 5.94. The molecular formula is C15H18O4.